The Labute approximate surface area is 125 Å². The highest BCUT2D eigenvalue weighted by Crippen LogP contribution is 2.09. The average Bonchev–Trinajstić information content (AvgIpc) is 3.04. The number of amides is 1. The van der Waals surface area contributed by atoms with Crippen LogP contribution in [0.3, 0.4) is 0 Å². The minimum atomic E-state index is -0.169. The molecule has 0 aliphatic rings. The maximum absolute atomic E-state index is 12.1. The summed E-state index contributed by atoms with van der Waals surface area (Å²) >= 11 is 1.55. The highest BCUT2D eigenvalue weighted by atomic mass is 32.1. The normalized spacial score (nSPS) is 11.0. The first-order valence-corrected chi connectivity index (χ1v) is 7.46. The SMILES string of the molecule is Cc1ccc2nc(C(=O)NCCc3nnc(C)s3)cn2c1. The Bertz CT molecular complexity index is 792. The van der Waals surface area contributed by atoms with Gasteiger partial charge in [0.1, 0.15) is 21.4 Å². The number of aryl methyl sites for hydroxylation is 2. The lowest BCUT2D eigenvalue weighted by Gasteiger charge is -2.00. The van der Waals surface area contributed by atoms with Crippen LogP contribution in [0, 0.1) is 13.8 Å². The lowest BCUT2D eigenvalue weighted by molar-refractivity contribution is 0.0949. The molecule has 0 saturated carbocycles. The van der Waals surface area contributed by atoms with Crippen LogP contribution >= 0.6 is 11.3 Å². The summed E-state index contributed by atoms with van der Waals surface area (Å²) in [5, 5.41) is 12.7. The molecule has 7 heteroatoms. The van der Waals surface area contributed by atoms with E-state index in [4.69, 9.17) is 0 Å². The van der Waals surface area contributed by atoms with Crippen molar-refractivity contribution in [1.82, 2.24) is 24.9 Å². The summed E-state index contributed by atoms with van der Waals surface area (Å²) in [4.78, 5) is 16.4. The molecule has 3 aromatic heterocycles. The van der Waals surface area contributed by atoms with E-state index in [-0.39, 0.29) is 5.91 Å². The van der Waals surface area contributed by atoms with Gasteiger partial charge >= 0.3 is 0 Å². The van der Waals surface area contributed by atoms with E-state index in [1.54, 1.807) is 17.5 Å². The second-order valence-electron chi connectivity index (χ2n) is 4.82. The molecule has 6 nitrogen and oxygen atoms in total. The number of imidazole rings is 1. The van der Waals surface area contributed by atoms with Crippen molar-refractivity contribution in [3.8, 4) is 0 Å². The van der Waals surface area contributed by atoms with Gasteiger partial charge in [-0.15, -0.1) is 21.5 Å². The lowest BCUT2D eigenvalue weighted by Crippen LogP contribution is -2.25. The zero-order valence-corrected chi connectivity index (χ0v) is 12.6. The minimum Gasteiger partial charge on any atom is -0.350 e. The molecule has 108 valence electrons. The smallest absolute Gasteiger partial charge is 0.271 e. The molecule has 3 aromatic rings. The summed E-state index contributed by atoms with van der Waals surface area (Å²) < 4.78 is 1.86. The van der Waals surface area contributed by atoms with E-state index < -0.39 is 0 Å². The van der Waals surface area contributed by atoms with Gasteiger partial charge in [-0.3, -0.25) is 4.79 Å². The summed E-state index contributed by atoms with van der Waals surface area (Å²) in [6.45, 7) is 4.45. The molecular weight excluding hydrogens is 286 g/mol. The predicted octanol–water partition coefficient (Wildman–Crippen LogP) is 1.78. The molecule has 0 aliphatic heterocycles. The van der Waals surface area contributed by atoms with Crippen LogP contribution in [0.25, 0.3) is 5.65 Å². The van der Waals surface area contributed by atoms with Gasteiger partial charge in [0.15, 0.2) is 0 Å². The third kappa shape index (κ3) is 3.08. The Morgan fingerprint density at radius 3 is 2.90 bits per heavy atom. The Morgan fingerprint density at radius 2 is 2.14 bits per heavy atom. The number of hydrogen-bond acceptors (Lipinski definition) is 5. The van der Waals surface area contributed by atoms with Gasteiger partial charge in [0.05, 0.1) is 0 Å². The van der Waals surface area contributed by atoms with Gasteiger partial charge in [-0.05, 0) is 25.5 Å². The molecule has 3 heterocycles. The van der Waals surface area contributed by atoms with Gasteiger partial charge in [-0.1, -0.05) is 6.07 Å². The monoisotopic (exact) mass is 301 g/mol. The average molecular weight is 301 g/mol. The van der Waals surface area contributed by atoms with Gasteiger partial charge in [0.2, 0.25) is 0 Å². The van der Waals surface area contributed by atoms with E-state index in [2.05, 4.69) is 20.5 Å². The fourth-order valence-electron chi connectivity index (χ4n) is 2.02. The summed E-state index contributed by atoms with van der Waals surface area (Å²) in [7, 11) is 0. The van der Waals surface area contributed by atoms with Crippen molar-refractivity contribution in [2.75, 3.05) is 6.54 Å². The number of carbonyl (C=O) groups excluding carboxylic acids is 1. The molecular formula is C14H15N5OS. The van der Waals surface area contributed by atoms with Crippen molar-refractivity contribution in [1.29, 1.82) is 0 Å². The summed E-state index contributed by atoms with van der Waals surface area (Å²) in [5.41, 5.74) is 2.32. The van der Waals surface area contributed by atoms with Gasteiger partial charge < -0.3 is 9.72 Å². The second-order valence-corrected chi connectivity index (χ2v) is 6.08. The van der Waals surface area contributed by atoms with E-state index in [9.17, 15) is 4.79 Å². The lowest BCUT2D eigenvalue weighted by atomic mass is 10.3. The quantitative estimate of drug-likeness (QED) is 0.797. The molecule has 3 rings (SSSR count). The van der Waals surface area contributed by atoms with Gasteiger partial charge in [0, 0.05) is 25.4 Å². The number of rotatable bonds is 4. The molecule has 0 fully saturated rings. The number of nitrogens with zero attached hydrogens (tertiary/aromatic N) is 4. The standard InChI is InChI=1S/C14H15N5OS/c1-9-3-4-12-16-11(8-19(12)7-9)14(20)15-6-5-13-18-17-10(2)21-13/h3-4,7-8H,5-6H2,1-2H3,(H,15,20). The minimum absolute atomic E-state index is 0.169. The van der Waals surface area contributed by atoms with Crippen LogP contribution < -0.4 is 5.32 Å². The molecule has 0 saturated heterocycles. The first kappa shape index (κ1) is 13.7. The highest BCUT2D eigenvalue weighted by molar-refractivity contribution is 7.11. The zero-order chi connectivity index (χ0) is 14.8. The molecule has 0 atom stereocenters. The van der Waals surface area contributed by atoms with Crippen molar-refractivity contribution in [3.05, 3.63) is 45.8 Å². The molecule has 1 N–H and O–H groups in total. The van der Waals surface area contributed by atoms with Crippen molar-refractivity contribution in [2.24, 2.45) is 0 Å². The number of nitrogens with one attached hydrogen (secondary N) is 1. The molecule has 0 aliphatic carbocycles. The van der Waals surface area contributed by atoms with Crippen LogP contribution in [0.1, 0.15) is 26.1 Å². The second kappa shape index (κ2) is 5.61. The Kier molecular flexibility index (Phi) is 3.66. The molecule has 0 radical (unpaired) electrons. The van der Waals surface area contributed by atoms with Crippen LogP contribution in [-0.2, 0) is 6.42 Å². The van der Waals surface area contributed by atoms with Crippen LogP contribution in [0.5, 0.6) is 0 Å². The summed E-state index contributed by atoms with van der Waals surface area (Å²) in [6.07, 6.45) is 4.37. The maximum Gasteiger partial charge on any atom is 0.271 e. The van der Waals surface area contributed by atoms with Crippen molar-refractivity contribution < 1.29 is 4.79 Å². The number of hydrogen-bond donors (Lipinski definition) is 1. The highest BCUT2D eigenvalue weighted by Gasteiger charge is 2.10. The Morgan fingerprint density at radius 1 is 1.29 bits per heavy atom. The zero-order valence-electron chi connectivity index (χ0n) is 11.8. The molecule has 0 unspecified atom stereocenters. The van der Waals surface area contributed by atoms with Crippen LogP contribution in [0.15, 0.2) is 24.5 Å². The summed E-state index contributed by atoms with van der Waals surface area (Å²) in [5.74, 6) is -0.169. The van der Waals surface area contributed by atoms with Crippen LogP contribution in [-0.4, -0.2) is 32.0 Å². The first-order valence-electron chi connectivity index (χ1n) is 6.64. The number of pyridine rings is 1. The maximum atomic E-state index is 12.1. The Balaban J connectivity index is 1.63. The van der Waals surface area contributed by atoms with Gasteiger partial charge in [-0.25, -0.2) is 4.98 Å². The van der Waals surface area contributed by atoms with Crippen LogP contribution in [0.2, 0.25) is 0 Å². The van der Waals surface area contributed by atoms with Crippen molar-refractivity contribution in [2.45, 2.75) is 20.3 Å². The number of carbonyl (C=O) groups is 1. The molecule has 0 aromatic carbocycles. The third-order valence-electron chi connectivity index (χ3n) is 3.02. The fraction of sp³-hybridized carbons (Fsp3) is 0.286. The fourth-order valence-corrected chi connectivity index (χ4v) is 2.73. The predicted molar refractivity (Wildman–Crippen MR) is 80.6 cm³/mol. The molecule has 0 spiro atoms. The Hall–Kier alpha value is -2.28. The number of aromatic nitrogens is 4. The first-order chi connectivity index (χ1) is 10.1. The van der Waals surface area contributed by atoms with Crippen LogP contribution in [0.4, 0.5) is 0 Å². The third-order valence-corrected chi connectivity index (χ3v) is 3.92. The molecule has 21 heavy (non-hydrogen) atoms. The van der Waals surface area contributed by atoms with Gasteiger partial charge in [-0.2, -0.15) is 0 Å². The van der Waals surface area contributed by atoms with E-state index in [0.717, 1.165) is 21.2 Å². The van der Waals surface area contributed by atoms with E-state index >= 15 is 0 Å². The topological polar surface area (TPSA) is 72.2 Å². The van der Waals surface area contributed by atoms with E-state index in [0.29, 0.717) is 18.7 Å². The van der Waals surface area contributed by atoms with E-state index in [1.807, 2.05) is 36.6 Å². The van der Waals surface area contributed by atoms with Crippen molar-refractivity contribution in [3.63, 3.8) is 0 Å². The van der Waals surface area contributed by atoms with Gasteiger partial charge in [0.25, 0.3) is 5.91 Å². The largest absolute Gasteiger partial charge is 0.350 e. The molecule has 1 amide bonds. The molecule has 0 bridgehead atoms. The summed E-state index contributed by atoms with van der Waals surface area (Å²) in [6, 6.07) is 3.87. The van der Waals surface area contributed by atoms with E-state index in [1.165, 1.54) is 0 Å². The number of fused-ring (bicyclic) bond motifs is 1. The van der Waals surface area contributed by atoms with Crippen molar-refractivity contribution >= 4 is 22.9 Å².